The van der Waals surface area contributed by atoms with E-state index in [1.165, 1.54) is 6.20 Å². The summed E-state index contributed by atoms with van der Waals surface area (Å²) in [6, 6.07) is -0.204. The topological polar surface area (TPSA) is 117 Å². The molecule has 2 N–H and O–H groups in total. The van der Waals surface area contributed by atoms with Crippen LogP contribution in [0.4, 0.5) is 14.7 Å². The maximum atomic E-state index is 14.1. The van der Waals surface area contributed by atoms with E-state index in [0.717, 1.165) is 21.2 Å². The Bertz CT molecular complexity index is 1390. The highest BCUT2D eigenvalue weighted by Crippen LogP contribution is 2.44. The van der Waals surface area contributed by atoms with E-state index in [9.17, 15) is 27.1 Å². The fourth-order valence-electron chi connectivity index (χ4n) is 5.34. The third-order valence-corrected chi connectivity index (χ3v) is 8.70. The van der Waals surface area contributed by atoms with Crippen LogP contribution in [0.15, 0.2) is 17.1 Å². The zero-order chi connectivity index (χ0) is 28.4. The van der Waals surface area contributed by atoms with Crippen LogP contribution in [-0.4, -0.2) is 103 Å². The number of rotatable bonds is 6. The zero-order valence-corrected chi connectivity index (χ0v) is 21.8. The SMILES string of the molecule is [B]C(F)(F)c1cc2cnc(NC3C([B])([B])CN(S(C)(=O)=O)CC3([B])[B])nc2n(C[C@H]2CC[C@H](O)[C@@H]2C)c1=O. The Balaban J connectivity index is 1.77. The lowest BCUT2D eigenvalue weighted by Gasteiger charge is -2.54. The molecule has 0 spiro atoms. The number of hydrogen-bond donors (Lipinski definition) is 2. The lowest BCUT2D eigenvalue weighted by Crippen LogP contribution is -2.60. The first-order valence-electron chi connectivity index (χ1n) is 11.9. The second kappa shape index (κ2) is 9.65. The standard InChI is InChI=1S/C21H24B5F2N5O4S/c1-10-11(3-4-14(10)34)7-33-15-12(5-13(16(33)35)21(26,27)28)6-29-18(30-15)31-17-19(22,23)8-32(38(2,36)37)9-20(17,24)25/h5-6,10-11,14,17,34H,3-4,7-9H2,1-2H3,(H,29,30,31)/t10-,11-,14+/m1/s1. The Morgan fingerprint density at radius 3 is 2.32 bits per heavy atom. The number of halogens is 2. The number of aliphatic hydroxyl groups excluding tert-OH is 1. The van der Waals surface area contributed by atoms with Gasteiger partial charge >= 0.3 is 0 Å². The molecule has 1 saturated carbocycles. The third kappa shape index (κ3) is 5.56. The zero-order valence-electron chi connectivity index (χ0n) is 21.0. The Kier molecular flexibility index (Phi) is 7.40. The van der Waals surface area contributed by atoms with Crippen LogP contribution in [0.2, 0.25) is 10.4 Å². The smallest absolute Gasteiger partial charge is 0.260 e. The van der Waals surface area contributed by atoms with Crippen LogP contribution >= 0.6 is 0 Å². The summed E-state index contributed by atoms with van der Waals surface area (Å²) >= 11 is 0. The Morgan fingerprint density at radius 1 is 1.21 bits per heavy atom. The summed E-state index contributed by atoms with van der Waals surface area (Å²) in [6.45, 7) is 1.21. The molecular formula is C21H24B5F2N5O4S. The number of alkyl halides is 2. The van der Waals surface area contributed by atoms with Crippen LogP contribution in [0, 0.1) is 11.8 Å². The molecule has 38 heavy (non-hydrogen) atoms. The molecule has 4 rings (SSSR count). The highest BCUT2D eigenvalue weighted by molar-refractivity contribution is 7.88. The first-order valence-corrected chi connectivity index (χ1v) is 13.8. The number of nitrogens with zero attached hydrogens (tertiary/aromatic N) is 4. The normalized spacial score (nSPS) is 26.5. The van der Waals surface area contributed by atoms with Gasteiger partial charge in [0.25, 0.3) is 5.56 Å². The Hall–Kier alpha value is -1.86. The number of nitrogens with one attached hydrogen (secondary N) is 1. The molecule has 2 aliphatic rings. The molecule has 0 bridgehead atoms. The lowest BCUT2D eigenvalue weighted by molar-refractivity contribution is 0.0916. The molecule has 2 aromatic heterocycles. The van der Waals surface area contributed by atoms with Crippen molar-refractivity contribution in [1.29, 1.82) is 0 Å². The summed E-state index contributed by atoms with van der Waals surface area (Å²) in [4.78, 5) is 21.7. The maximum Gasteiger partial charge on any atom is 0.260 e. The number of aliphatic hydroxyl groups is 1. The predicted molar refractivity (Wildman–Crippen MR) is 144 cm³/mol. The summed E-state index contributed by atoms with van der Waals surface area (Å²) < 4.78 is 54.5. The number of hydrogen-bond acceptors (Lipinski definition) is 7. The van der Waals surface area contributed by atoms with Gasteiger partial charge in [0.2, 0.25) is 21.8 Å². The van der Waals surface area contributed by atoms with E-state index in [-0.39, 0.29) is 48.5 Å². The average molecular weight is 535 g/mol. The minimum absolute atomic E-state index is 0.0100. The molecule has 0 amide bonds. The van der Waals surface area contributed by atoms with Crippen molar-refractivity contribution >= 4 is 66.2 Å². The molecule has 2 aromatic rings. The number of sulfonamides is 1. The highest BCUT2D eigenvalue weighted by Gasteiger charge is 2.47. The van der Waals surface area contributed by atoms with E-state index in [1.807, 2.05) is 6.92 Å². The number of aromatic nitrogens is 3. The summed E-state index contributed by atoms with van der Waals surface area (Å²) in [5.74, 6) is -4.38. The quantitative estimate of drug-likeness (QED) is 0.475. The second-order valence-corrected chi connectivity index (χ2v) is 12.6. The van der Waals surface area contributed by atoms with Gasteiger partial charge in [0.05, 0.1) is 49.3 Å². The predicted octanol–water partition coefficient (Wildman–Crippen LogP) is -0.622. The minimum Gasteiger partial charge on any atom is -0.393 e. The van der Waals surface area contributed by atoms with Crippen molar-refractivity contribution in [2.45, 2.75) is 54.7 Å². The molecule has 1 saturated heterocycles. The third-order valence-electron chi connectivity index (χ3n) is 7.50. The van der Waals surface area contributed by atoms with E-state index < -0.39 is 49.5 Å². The highest BCUT2D eigenvalue weighted by atomic mass is 32.2. The molecule has 2 fully saturated rings. The van der Waals surface area contributed by atoms with Crippen LogP contribution in [0.3, 0.4) is 0 Å². The van der Waals surface area contributed by atoms with E-state index >= 15 is 0 Å². The average Bonchev–Trinajstić information content (AvgIpc) is 3.08. The second-order valence-electron chi connectivity index (χ2n) is 10.7. The van der Waals surface area contributed by atoms with Crippen molar-refractivity contribution in [2.75, 3.05) is 24.7 Å². The summed E-state index contributed by atoms with van der Waals surface area (Å²) in [5.41, 5.74) is -1.91. The van der Waals surface area contributed by atoms with Gasteiger partial charge in [0, 0.05) is 37.3 Å². The van der Waals surface area contributed by atoms with Crippen molar-refractivity contribution < 1.29 is 22.3 Å². The van der Waals surface area contributed by atoms with Crippen molar-refractivity contribution in [3.63, 3.8) is 0 Å². The van der Waals surface area contributed by atoms with Crippen LogP contribution in [0.1, 0.15) is 25.3 Å². The first-order chi connectivity index (χ1) is 17.3. The number of fused-ring (bicyclic) bond motifs is 1. The van der Waals surface area contributed by atoms with Gasteiger partial charge in [-0.1, -0.05) is 17.4 Å². The van der Waals surface area contributed by atoms with Crippen LogP contribution in [0.5, 0.6) is 0 Å². The molecular weight excluding hydrogens is 510 g/mol. The van der Waals surface area contributed by atoms with Gasteiger partial charge in [-0.15, -0.1) is 0 Å². The molecule has 10 radical (unpaired) electrons. The van der Waals surface area contributed by atoms with Gasteiger partial charge in [-0.2, -0.15) is 4.98 Å². The van der Waals surface area contributed by atoms with Crippen LogP contribution in [-0.2, 0) is 22.4 Å². The van der Waals surface area contributed by atoms with Gasteiger partial charge in [-0.05, 0) is 30.7 Å². The summed E-state index contributed by atoms with van der Waals surface area (Å²) in [7, 11) is 26.2. The largest absolute Gasteiger partial charge is 0.393 e. The van der Waals surface area contributed by atoms with Gasteiger partial charge in [-0.25, -0.2) is 26.5 Å². The lowest BCUT2D eigenvalue weighted by atomic mass is 9.36. The Morgan fingerprint density at radius 2 is 1.82 bits per heavy atom. The molecule has 0 unspecified atom stereocenters. The molecule has 3 heterocycles. The Labute approximate surface area is 226 Å². The molecule has 192 valence electrons. The van der Waals surface area contributed by atoms with Gasteiger partial charge in [-0.3, -0.25) is 9.36 Å². The van der Waals surface area contributed by atoms with Crippen molar-refractivity contribution in [3.8, 4) is 0 Å². The molecule has 1 aliphatic carbocycles. The summed E-state index contributed by atoms with van der Waals surface area (Å²) in [6.07, 6.45) is 2.72. The van der Waals surface area contributed by atoms with Crippen molar-refractivity contribution in [2.24, 2.45) is 11.8 Å². The molecule has 9 nitrogen and oxygen atoms in total. The minimum atomic E-state index is -3.91. The number of piperidine rings is 1. The maximum absolute atomic E-state index is 14.1. The fraction of sp³-hybridized carbons (Fsp3) is 0.667. The number of pyridine rings is 1. The van der Waals surface area contributed by atoms with E-state index in [0.29, 0.717) is 12.8 Å². The van der Waals surface area contributed by atoms with Gasteiger partial charge in [0.1, 0.15) is 5.65 Å². The first kappa shape index (κ1) is 29.1. The van der Waals surface area contributed by atoms with Crippen LogP contribution < -0.4 is 10.9 Å². The molecule has 17 heteroatoms. The van der Waals surface area contributed by atoms with E-state index in [2.05, 4.69) is 15.3 Å². The van der Waals surface area contributed by atoms with E-state index in [4.69, 9.17) is 39.2 Å². The molecule has 3 atom stereocenters. The van der Waals surface area contributed by atoms with Gasteiger partial charge in [0.15, 0.2) is 7.85 Å². The van der Waals surface area contributed by atoms with Crippen molar-refractivity contribution in [3.05, 3.63) is 28.2 Å². The fourth-order valence-corrected chi connectivity index (χ4v) is 6.25. The number of anilines is 1. The monoisotopic (exact) mass is 535 g/mol. The van der Waals surface area contributed by atoms with Gasteiger partial charge < -0.3 is 10.4 Å². The van der Waals surface area contributed by atoms with Crippen LogP contribution in [0.25, 0.3) is 11.0 Å². The molecule has 0 aromatic carbocycles. The molecule has 1 aliphatic heterocycles. The van der Waals surface area contributed by atoms with Crippen molar-refractivity contribution in [1.82, 2.24) is 18.8 Å². The van der Waals surface area contributed by atoms with E-state index in [1.54, 1.807) is 0 Å². The summed E-state index contributed by atoms with van der Waals surface area (Å²) in [5, 5.41) is 9.61.